The Morgan fingerprint density at radius 1 is 1.15 bits per heavy atom. The number of hydrogen-bond donors (Lipinski definition) is 1. The van der Waals surface area contributed by atoms with E-state index in [0.29, 0.717) is 12.6 Å². The fourth-order valence-electron chi connectivity index (χ4n) is 3.61. The van der Waals surface area contributed by atoms with Gasteiger partial charge >= 0.3 is 0 Å². The molecule has 0 radical (unpaired) electrons. The van der Waals surface area contributed by atoms with Gasteiger partial charge in [0.1, 0.15) is 6.61 Å². The molecule has 1 saturated heterocycles. The first-order valence-corrected chi connectivity index (χ1v) is 9.93. The van der Waals surface area contributed by atoms with E-state index in [-0.39, 0.29) is 0 Å². The van der Waals surface area contributed by atoms with E-state index in [1.807, 2.05) is 24.4 Å². The van der Waals surface area contributed by atoms with Crippen molar-refractivity contribution < 1.29 is 9.47 Å². The number of likely N-dealkylation sites (tertiary alicyclic amines) is 1. The van der Waals surface area contributed by atoms with Crippen LogP contribution in [0.5, 0.6) is 11.5 Å². The summed E-state index contributed by atoms with van der Waals surface area (Å²) in [6.45, 7) is 7.10. The van der Waals surface area contributed by atoms with Gasteiger partial charge in [-0.05, 0) is 56.1 Å². The predicted molar refractivity (Wildman–Crippen MR) is 108 cm³/mol. The summed E-state index contributed by atoms with van der Waals surface area (Å²) < 4.78 is 11.4. The first-order chi connectivity index (χ1) is 13.3. The van der Waals surface area contributed by atoms with Crippen LogP contribution in [0.2, 0.25) is 0 Å². The number of aromatic nitrogens is 1. The first-order valence-electron chi connectivity index (χ1n) is 9.93. The quantitative estimate of drug-likeness (QED) is 0.693. The lowest BCUT2D eigenvalue weighted by Gasteiger charge is -2.26. The van der Waals surface area contributed by atoms with E-state index in [0.717, 1.165) is 30.2 Å². The van der Waals surface area contributed by atoms with Gasteiger partial charge in [-0.25, -0.2) is 0 Å². The standard InChI is InChI=1S/C22H31N3O2/c1-3-20(25-11-4-5-12-25)16-24-14-18-8-9-21(26-2)22(13-18)27-17-19-7-6-10-23-15-19/h6-10,13,15,20,24H,3-5,11-12,14,16-17H2,1-2H3. The van der Waals surface area contributed by atoms with Crippen molar-refractivity contribution in [2.45, 2.75) is 45.4 Å². The lowest BCUT2D eigenvalue weighted by atomic mass is 10.1. The molecule has 5 heteroatoms. The average molecular weight is 370 g/mol. The lowest BCUT2D eigenvalue weighted by molar-refractivity contribution is 0.229. The maximum absolute atomic E-state index is 5.98. The van der Waals surface area contributed by atoms with E-state index < -0.39 is 0 Å². The van der Waals surface area contributed by atoms with Crippen LogP contribution < -0.4 is 14.8 Å². The molecular formula is C22H31N3O2. The first kappa shape index (κ1) is 19.6. The van der Waals surface area contributed by atoms with E-state index in [4.69, 9.17) is 9.47 Å². The Labute approximate surface area is 162 Å². The third-order valence-corrected chi connectivity index (χ3v) is 5.18. The van der Waals surface area contributed by atoms with Gasteiger partial charge in [0.05, 0.1) is 7.11 Å². The van der Waals surface area contributed by atoms with E-state index in [1.54, 1.807) is 13.3 Å². The highest BCUT2D eigenvalue weighted by molar-refractivity contribution is 5.43. The molecule has 5 nitrogen and oxygen atoms in total. The summed E-state index contributed by atoms with van der Waals surface area (Å²) in [5.74, 6) is 1.53. The van der Waals surface area contributed by atoms with Crippen molar-refractivity contribution in [3.63, 3.8) is 0 Å². The van der Waals surface area contributed by atoms with Crippen molar-refractivity contribution in [3.05, 3.63) is 53.9 Å². The molecule has 2 aromatic rings. The second-order valence-electron chi connectivity index (χ2n) is 7.07. The number of nitrogens with one attached hydrogen (secondary N) is 1. The van der Waals surface area contributed by atoms with Crippen LogP contribution in [0.3, 0.4) is 0 Å². The van der Waals surface area contributed by atoms with Crippen molar-refractivity contribution in [3.8, 4) is 11.5 Å². The van der Waals surface area contributed by atoms with Crippen molar-refractivity contribution in [1.29, 1.82) is 0 Å². The number of rotatable bonds is 10. The number of nitrogens with zero attached hydrogens (tertiary/aromatic N) is 2. The Hall–Kier alpha value is -2.11. The summed E-state index contributed by atoms with van der Waals surface area (Å²) in [6.07, 6.45) is 7.46. The van der Waals surface area contributed by atoms with Crippen LogP contribution in [-0.4, -0.2) is 42.7 Å². The monoisotopic (exact) mass is 369 g/mol. The summed E-state index contributed by atoms with van der Waals surface area (Å²) in [4.78, 5) is 6.74. The minimum Gasteiger partial charge on any atom is -0.493 e. The largest absolute Gasteiger partial charge is 0.493 e. The molecule has 1 aromatic carbocycles. The molecular weight excluding hydrogens is 338 g/mol. The zero-order valence-corrected chi connectivity index (χ0v) is 16.5. The molecule has 0 aliphatic carbocycles. The van der Waals surface area contributed by atoms with Gasteiger partial charge in [0.25, 0.3) is 0 Å². The lowest BCUT2D eigenvalue weighted by Crippen LogP contribution is -2.40. The van der Waals surface area contributed by atoms with Crippen molar-refractivity contribution >= 4 is 0 Å². The van der Waals surface area contributed by atoms with Crippen LogP contribution in [0.1, 0.15) is 37.3 Å². The molecule has 0 bridgehead atoms. The molecule has 1 unspecified atom stereocenters. The van der Waals surface area contributed by atoms with Gasteiger partial charge in [0, 0.05) is 37.1 Å². The number of methoxy groups -OCH3 is 1. The van der Waals surface area contributed by atoms with Gasteiger partial charge in [-0.15, -0.1) is 0 Å². The maximum Gasteiger partial charge on any atom is 0.161 e. The third kappa shape index (κ3) is 5.68. The summed E-state index contributed by atoms with van der Waals surface area (Å²) in [5, 5.41) is 3.62. The molecule has 146 valence electrons. The van der Waals surface area contributed by atoms with Crippen molar-refractivity contribution in [2.24, 2.45) is 0 Å². The predicted octanol–water partition coefficient (Wildman–Crippen LogP) is 3.63. The Bertz CT molecular complexity index is 687. The maximum atomic E-state index is 5.98. The smallest absolute Gasteiger partial charge is 0.161 e. The van der Waals surface area contributed by atoms with Gasteiger partial charge in [0.2, 0.25) is 0 Å². The summed E-state index contributed by atoms with van der Waals surface area (Å²) in [5.41, 5.74) is 2.24. The second-order valence-corrected chi connectivity index (χ2v) is 7.07. The SMILES string of the molecule is CCC(CNCc1ccc(OC)c(OCc2cccnc2)c1)N1CCCC1. The van der Waals surface area contributed by atoms with E-state index in [9.17, 15) is 0 Å². The van der Waals surface area contributed by atoms with Gasteiger partial charge in [-0.3, -0.25) is 9.88 Å². The van der Waals surface area contributed by atoms with Crippen molar-refractivity contribution in [1.82, 2.24) is 15.2 Å². The highest BCUT2D eigenvalue weighted by Crippen LogP contribution is 2.29. The van der Waals surface area contributed by atoms with Crippen molar-refractivity contribution in [2.75, 3.05) is 26.7 Å². The second kappa shape index (κ2) is 10.3. The Kier molecular flexibility index (Phi) is 7.48. The van der Waals surface area contributed by atoms with E-state index in [1.165, 1.54) is 37.9 Å². The molecule has 1 aliphatic heterocycles. The van der Waals surface area contributed by atoms with Crippen LogP contribution >= 0.6 is 0 Å². The zero-order chi connectivity index (χ0) is 18.9. The molecule has 0 amide bonds. The Morgan fingerprint density at radius 3 is 2.70 bits per heavy atom. The summed E-state index contributed by atoms with van der Waals surface area (Å²) in [7, 11) is 1.67. The molecule has 27 heavy (non-hydrogen) atoms. The van der Waals surface area contributed by atoms with Crippen LogP contribution in [-0.2, 0) is 13.2 Å². The van der Waals surface area contributed by atoms with Crippen LogP contribution in [0.4, 0.5) is 0 Å². The van der Waals surface area contributed by atoms with E-state index in [2.05, 4.69) is 34.3 Å². The molecule has 3 rings (SSSR count). The number of ether oxygens (including phenoxy) is 2. The van der Waals surface area contributed by atoms with Crippen LogP contribution in [0.25, 0.3) is 0 Å². The number of benzene rings is 1. The number of pyridine rings is 1. The molecule has 1 aromatic heterocycles. The molecule has 1 atom stereocenters. The minimum atomic E-state index is 0.480. The highest BCUT2D eigenvalue weighted by Gasteiger charge is 2.19. The molecule has 2 heterocycles. The highest BCUT2D eigenvalue weighted by atomic mass is 16.5. The minimum absolute atomic E-state index is 0.480. The summed E-state index contributed by atoms with van der Waals surface area (Å²) in [6, 6.07) is 10.7. The van der Waals surface area contributed by atoms with Gasteiger partial charge in [-0.2, -0.15) is 0 Å². The Balaban J connectivity index is 1.55. The zero-order valence-electron chi connectivity index (χ0n) is 16.5. The molecule has 1 aliphatic rings. The Morgan fingerprint density at radius 2 is 2.00 bits per heavy atom. The fourth-order valence-corrected chi connectivity index (χ4v) is 3.61. The van der Waals surface area contributed by atoms with Gasteiger partial charge in [-0.1, -0.05) is 19.1 Å². The van der Waals surface area contributed by atoms with Gasteiger partial charge in [0.15, 0.2) is 11.5 Å². The van der Waals surface area contributed by atoms with E-state index >= 15 is 0 Å². The molecule has 0 saturated carbocycles. The van der Waals surface area contributed by atoms with Crippen LogP contribution in [0, 0.1) is 0 Å². The van der Waals surface area contributed by atoms with Crippen LogP contribution in [0.15, 0.2) is 42.7 Å². The average Bonchev–Trinajstić information content (AvgIpc) is 3.25. The fraction of sp³-hybridized carbons (Fsp3) is 0.500. The third-order valence-electron chi connectivity index (χ3n) is 5.18. The topological polar surface area (TPSA) is 46.6 Å². The normalized spacial score (nSPS) is 15.6. The molecule has 0 spiro atoms. The molecule has 1 fully saturated rings. The summed E-state index contributed by atoms with van der Waals surface area (Å²) >= 11 is 0. The number of hydrogen-bond acceptors (Lipinski definition) is 5. The van der Waals surface area contributed by atoms with Gasteiger partial charge < -0.3 is 14.8 Å². The molecule has 1 N–H and O–H groups in total.